The van der Waals surface area contributed by atoms with Crippen LogP contribution in [0, 0.1) is 0 Å². The number of halogens is 2. The number of nitrogens with one attached hydrogen (secondary N) is 3. The Hall–Kier alpha value is -3.41. The lowest BCUT2D eigenvalue weighted by Crippen LogP contribution is -2.56. The van der Waals surface area contributed by atoms with Crippen molar-refractivity contribution < 1.29 is 28.0 Å². The molecule has 0 spiro atoms. The minimum atomic E-state index is -2.80. The maximum atomic E-state index is 13.3. The minimum Gasteiger partial charge on any atom is -0.344 e. The number of aromatic nitrogens is 1. The Morgan fingerprint density at radius 3 is 2.43 bits per heavy atom. The van der Waals surface area contributed by atoms with Gasteiger partial charge in [-0.05, 0) is 12.5 Å². The summed E-state index contributed by atoms with van der Waals surface area (Å²) in [5.74, 6) is -5.18. The third-order valence-electron chi connectivity index (χ3n) is 5.54. The van der Waals surface area contributed by atoms with Crippen LogP contribution in [0.1, 0.15) is 30.3 Å². The molecule has 1 fully saturated rings. The number of nitrogens with zero attached hydrogens (tertiary/aromatic N) is 2. The molecule has 0 bridgehead atoms. The van der Waals surface area contributed by atoms with E-state index in [0.717, 1.165) is 5.56 Å². The predicted molar refractivity (Wildman–Crippen MR) is 125 cm³/mol. The highest BCUT2D eigenvalue weighted by Gasteiger charge is 2.36. The lowest BCUT2D eigenvalue weighted by molar-refractivity contribution is -0.140. The van der Waals surface area contributed by atoms with Crippen molar-refractivity contribution in [1.82, 2.24) is 25.8 Å². The summed E-state index contributed by atoms with van der Waals surface area (Å²) in [5.41, 5.74) is 0.727. The molecule has 0 aliphatic carbocycles. The highest BCUT2D eigenvalue weighted by molar-refractivity contribution is 7.09. The Morgan fingerprint density at radius 2 is 1.80 bits per heavy atom. The number of rotatable bonds is 9. The molecule has 0 unspecified atom stereocenters. The molecule has 0 radical (unpaired) electrons. The zero-order valence-electron chi connectivity index (χ0n) is 19.1. The van der Waals surface area contributed by atoms with Crippen molar-refractivity contribution >= 4 is 35.0 Å². The van der Waals surface area contributed by atoms with E-state index < -0.39 is 54.5 Å². The van der Waals surface area contributed by atoms with Crippen LogP contribution in [-0.4, -0.2) is 64.6 Å². The SMILES string of the molecule is C[C@@H](NC(=O)N1CCC(F)(F)CC1)C(=O)N[C@H](Cc1ccccc1)C(=O)C(=O)NCc1nccs1. The van der Waals surface area contributed by atoms with Gasteiger partial charge in [0.1, 0.15) is 17.1 Å². The Labute approximate surface area is 205 Å². The molecule has 9 nitrogen and oxygen atoms in total. The predicted octanol–water partition coefficient (Wildman–Crippen LogP) is 1.89. The van der Waals surface area contributed by atoms with Gasteiger partial charge in [-0.15, -0.1) is 11.3 Å². The van der Waals surface area contributed by atoms with Gasteiger partial charge < -0.3 is 20.9 Å². The van der Waals surface area contributed by atoms with E-state index in [4.69, 9.17) is 0 Å². The summed E-state index contributed by atoms with van der Waals surface area (Å²) in [7, 11) is 0. The Morgan fingerprint density at radius 1 is 1.11 bits per heavy atom. The maximum Gasteiger partial charge on any atom is 0.318 e. The number of thiazole rings is 1. The second kappa shape index (κ2) is 11.8. The van der Waals surface area contributed by atoms with Crippen molar-refractivity contribution in [3.8, 4) is 0 Å². The average Bonchev–Trinajstić information content (AvgIpc) is 3.35. The third-order valence-corrected chi connectivity index (χ3v) is 6.32. The second-order valence-corrected chi connectivity index (χ2v) is 9.22. The van der Waals surface area contributed by atoms with Crippen LogP contribution < -0.4 is 16.0 Å². The van der Waals surface area contributed by atoms with Crippen LogP contribution in [0.15, 0.2) is 41.9 Å². The number of Topliss-reactive ketones (excluding diaryl/α,β-unsaturated/α-hetero) is 1. The number of urea groups is 1. The summed E-state index contributed by atoms with van der Waals surface area (Å²) in [6.07, 6.45) is 0.769. The standard InChI is InChI=1S/C23H27F2N5O4S/c1-15(28-22(34)30-10-7-23(24,25)8-11-30)20(32)29-17(13-16-5-3-2-4-6-16)19(31)21(33)27-14-18-26-9-12-35-18/h2-6,9,12,15,17H,7-8,10-11,13-14H2,1H3,(H,27,33)(H,28,34)(H,29,32)/t15-,17-/m1/s1. The molecule has 1 saturated heterocycles. The van der Waals surface area contributed by atoms with Gasteiger partial charge in [-0.25, -0.2) is 18.6 Å². The number of hydrogen-bond donors (Lipinski definition) is 3. The molecular formula is C23H27F2N5O4S. The van der Waals surface area contributed by atoms with Gasteiger partial charge in [-0.2, -0.15) is 0 Å². The normalized spacial score (nSPS) is 16.6. The monoisotopic (exact) mass is 507 g/mol. The number of likely N-dealkylation sites (tertiary alicyclic amines) is 1. The Kier molecular flexibility index (Phi) is 8.85. The van der Waals surface area contributed by atoms with Crippen molar-refractivity contribution in [1.29, 1.82) is 0 Å². The average molecular weight is 508 g/mol. The van der Waals surface area contributed by atoms with E-state index in [1.165, 1.54) is 23.2 Å². The number of benzene rings is 1. The van der Waals surface area contributed by atoms with E-state index in [-0.39, 0.29) is 26.1 Å². The van der Waals surface area contributed by atoms with Crippen LogP contribution in [0.3, 0.4) is 0 Å². The van der Waals surface area contributed by atoms with Gasteiger partial charge in [0.25, 0.3) is 11.8 Å². The Balaban J connectivity index is 1.61. The van der Waals surface area contributed by atoms with E-state index in [1.807, 2.05) is 0 Å². The first-order chi connectivity index (χ1) is 16.6. The molecule has 1 aromatic heterocycles. The summed E-state index contributed by atoms with van der Waals surface area (Å²) >= 11 is 1.33. The van der Waals surface area contributed by atoms with Crippen LogP contribution in [-0.2, 0) is 27.3 Å². The van der Waals surface area contributed by atoms with Gasteiger partial charge in [0.15, 0.2) is 0 Å². The quantitative estimate of drug-likeness (QED) is 0.448. The molecule has 1 aromatic carbocycles. The van der Waals surface area contributed by atoms with Crippen LogP contribution in [0.2, 0.25) is 0 Å². The first-order valence-corrected chi connectivity index (χ1v) is 12.0. The van der Waals surface area contributed by atoms with E-state index in [2.05, 4.69) is 20.9 Å². The lowest BCUT2D eigenvalue weighted by atomic mass is 10.0. The number of piperidine rings is 1. The van der Waals surface area contributed by atoms with Crippen molar-refractivity contribution in [3.63, 3.8) is 0 Å². The summed E-state index contributed by atoms with van der Waals surface area (Å²) in [6, 6.07) is 5.99. The fourth-order valence-corrected chi connectivity index (χ4v) is 4.03. The van der Waals surface area contributed by atoms with Gasteiger partial charge >= 0.3 is 6.03 Å². The number of hydrogen-bond acceptors (Lipinski definition) is 6. The van der Waals surface area contributed by atoms with Gasteiger partial charge in [0, 0.05) is 43.9 Å². The number of alkyl halides is 2. The molecule has 3 N–H and O–H groups in total. The van der Waals surface area contributed by atoms with E-state index >= 15 is 0 Å². The van der Waals surface area contributed by atoms with Crippen molar-refractivity contribution in [2.75, 3.05) is 13.1 Å². The zero-order valence-corrected chi connectivity index (χ0v) is 19.9. The molecule has 2 heterocycles. The molecule has 12 heteroatoms. The van der Waals surface area contributed by atoms with E-state index in [0.29, 0.717) is 5.01 Å². The molecule has 3 rings (SSSR count). The van der Waals surface area contributed by atoms with Crippen molar-refractivity contribution in [2.24, 2.45) is 0 Å². The molecule has 2 aromatic rings. The third kappa shape index (κ3) is 7.81. The highest BCUT2D eigenvalue weighted by Crippen LogP contribution is 2.27. The molecule has 0 saturated carbocycles. The fourth-order valence-electron chi connectivity index (χ4n) is 3.48. The molecule has 1 aliphatic heterocycles. The summed E-state index contributed by atoms with van der Waals surface area (Å²) in [5, 5.41) is 9.89. The zero-order chi connectivity index (χ0) is 25.4. The Bertz CT molecular complexity index is 1030. The van der Waals surface area contributed by atoms with Crippen LogP contribution in [0.5, 0.6) is 0 Å². The van der Waals surface area contributed by atoms with Crippen LogP contribution >= 0.6 is 11.3 Å². The van der Waals surface area contributed by atoms with Gasteiger partial charge in [0.2, 0.25) is 11.7 Å². The van der Waals surface area contributed by atoms with Crippen LogP contribution in [0.25, 0.3) is 0 Å². The topological polar surface area (TPSA) is 121 Å². The summed E-state index contributed by atoms with van der Waals surface area (Å²) < 4.78 is 26.7. The highest BCUT2D eigenvalue weighted by atomic mass is 32.1. The van der Waals surface area contributed by atoms with Gasteiger partial charge in [-0.1, -0.05) is 30.3 Å². The number of amides is 4. The maximum absolute atomic E-state index is 13.3. The van der Waals surface area contributed by atoms with Crippen LogP contribution in [0.4, 0.5) is 13.6 Å². The lowest BCUT2D eigenvalue weighted by Gasteiger charge is -2.32. The molecule has 35 heavy (non-hydrogen) atoms. The first kappa shape index (κ1) is 26.2. The number of ketones is 1. The largest absolute Gasteiger partial charge is 0.344 e. The smallest absolute Gasteiger partial charge is 0.318 e. The molecular weight excluding hydrogens is 480 g/mol. The first-order valence-electron chi connectivity index (χ1n) is 11.1. The van der Waals surface area contributed by atoms with Crippen molar-refractivity contribution in [2.45, 2.75) is 50.7 Å². The molecule has 1 aliphatic rings. The fraction of sp³-hybridized carbons (Fsp3) is 0.435. The van der Waals surface area contributed by atoms with E-state index in [9.17, 15) is 28.0 Å². The van der Waals surface area contributed by atoms with Crippen molar-refractivity contribution in [3.05, 3.63) is 52.5 Å². The summed E-state index contributed by atoms with van der Waals surface area (Å²) in [6.45, 7) is 1.25. The minimum absolute atomic E-state index is 0.0674. The molecule has 188 valence electrons. The number of carbonyl (C=O) groups excluding carboxylic acids is 4. The molecule has 2 atom stereocenters. The van der Waals surface area contributed by atoms with Gasteiger partial charge in [0.05, 0.1) is 6.54 Å². The molecule has 4 amide bonds. The number of carbonyl (C=O) groups is 4. The second-order valence-electron chi connectivity index (χ2n) is 8.24. The van der Waals surface area contributed by atoms with Gasteiger partial charge in [-0.3, -0.25) is 14.4 Å². The summed E-state index contributed by atoms with van der Waals surface area (Å²) in [4.78, 5) is 55.8. The van der Waals surface area contributed by atoms with E-state index in [1.54, 1.807) is 41.9 Å².